The van der Waals surface area contributed by atoms with Crippen molar-refractivity contribution in [1.29, 1.82) is 0 Å². The average molecular weight is 488 g/mol. The Morgan fingerprint density at radius 2 is 1.75 bits per heavy atom. The van der Waals surface area contributed by atoms with Crippen LogP contribution in [0.3, 0.4) is 0 Å². The van der Waals surface area contributed by atoms with E-state index < -0.39 is 6.04 Å². The van der Waals surface area contributed by atoms with Crippen molar-refractivity contribution in [3.05, 3.63) is 77.0 Å². The molecule has 3 heterocycles. The van der Waals surface area contributed by atoms with Crippen LogP contribution in [0.5, 0.6) is 5.75 Å². The Bertz CT molecular complexity index is 1130. The molecule has 0 bridgehead atoms. The highest BCUT2D eigenvalue weighted by atomic mass is 16.5. The lowest BCUT2D eigenvalue weighted by atomic mass is 9.89. The van der Waals surface area contributed by atoms with Gasteiger partial charge in [-0.2, -0.15) is 0 Å². The van der Waals surface area contributed by atoms with Crippen LogP contribution < -0.4 is 10.1 Å². The maximum Gasteiger partial charge on any atom is 0.255 e. The Balaban J connectivity index is 1.18. The predicted octanol–water partition coefficient (Wildman–Crippen LogP) is 4.68. The summed E-state index contributed by atoms with van der Waals surface area (Å²) in [6, 6.07) is 14.5. The lowest BCUT2D eigenvalue weighted by molar-refractivity contribution is -0.126. The molecule has 0 aliphatic carbocycles. The molecule has 6 nitrogen and oxygen atoms in total. The molecule has 3 aliphatic heterocycles. The normalized spacial score (nSPS) is 21.1. The number of fused-ring (bicyclic) bond motifs is 1. The van der Waals surface area contributed by atoms with Crippen molar-refractivity contribution in [2.45, 2.75) is 71.2 Å². The molecular weight excluding hydrogens is 450 g/mol. The number of carbonyl (C=O) groups excluding carboxylic acids is 2. The van der Waals surface area contributed by atoms with Gasteiger partial charge < -0.3 is 19.9 Å². The van der Waals surface area contributed by atoms with Gasteiger partial charge in [0.15, 0.2) is 0 Å². The van der Waals surface area contributed by atoms with Crippen LogP contribution >= 0.6 is 0 Å². The number of hydrogen-bond donors (Lipinski definition) is 1. The fourth-order valence-electron chi connectivity index (χ4n) is 5.71. The van der Waals surface area contributed by atoms with Gasteiger partial charge in [-0.25, -0.2) is 0 Å². The topological polar surface area (TPSA) is 61.9 Å². The fourth-order valence-corrected chi connectivity index (χ4v) is 5.71. The Kier molecular flexibility index (Phi) is 7.15. The number of carbonyl (C=O) groups is 2. The largest absolute Gasteiger partial charge is 0.489 e. The maximum atomic E-state index is 13.1. The number of ether oxygens (including phenoxy) is 1. The van der Waals surface area contributed by atoms with Gasteiger partial charge in [0.05, 0.1) is 6.54 Å². The van der Waals surface area contributed by atoms with Crippen molar-refractivity contribution < 1.29 is 14.3 Å². The molecule has 0 spiro atoms. The first-order valence-corrected chi connectivity index (χ1v) is 13.2. The number of nitrogens with zero attached hydrogens (tertiary/aromatic N) is 2. The van der Waals surface area contributed by atoms with Gasteiger partial charge >= 0.3 is 0 Å². The lowest BCUT2D eigenvalue weighted by Crippen LogP contribution is -2.49. The summed E-state index contributed by atoms with van der Waals surface area (Å²) >= 11 is 0. The van der Waals surface area contributed by atoms with E-state index >= 15 is 0 Å². The van der Waals surface area contributed by atoms with E-state index in [0.717, 1.165) is 23.5 Å². The molecule has 2 aromatic rings. The highest BCUT2D eigenvalue weighted by Crippen LogP contribution is 2.34. The van der Waals surface area contributed by atoms with Gasteiger partial charge in [-0.3, -0.25) is 9.59 Å². The third-order valence-electron chi connectivity index (χ3n) is 7.97. The monoisotopic (exact) mass is 487 g/mol. The van der Waals surface area contributed by atoms with Crippen molar-refractivity contribution in [3.63, 3.8) is 0 Å². The summed E-state index contributed by atoms with van der Waals surface area (Å²) in [6.45, 7) is 11.7. The second-order valence-corrected chi connectivity index (χ2v) is 10.7. The third kappa shape index (κ3) is 5.19. The molecule has 6 heteroatoms. The number of likely N-dealkylation sites (tertiary alicyclic amines) is 1. The lowest BCUT2D eigenvalue weighted by Gasteiger charge is -2.34. The first-order valence-electron chi connectivity index (χ1n) is 13.2. The molecule has 1 atom stereocenters. The number of amides is 2. The average Bonchev–Trinajstić information content (AvgIpc) is 3.21. The summed E-state index contributed by atoms with van der Waals surface area (Å²) in [5.41, 5.74) is 4.70. The molecule has 2 aromatic carbocycles. The van der Waals surface area contributed by atoms with Crippen LogP contribution in [0.15, 0.2) is 54.7 Å². The molecule has 0 aromatic heterocycles. The molecule has 2 saturated heterocycles. The van der Waals surface area contributed by atoms with Gasteiger partial charge in [-0.1, -0.05) is 36.9 Å². The highest BCUT2D eigenvalue weighted by molar-refractivity contribution is 6.02. The molecule has 190 valence electrons. The Hall–Kier alpha value is -3.12. The van der Waals surface area contributed by atoms with Crippen LogP contribution in [-0.4, -0.2) is 46.8 Å². The summed E-state index contributed by atoms with van der Waals surface area (Å²) < 4.78 is 6.19. The quantitative estimate of drug-likeness (QED) is 0.616. The Morgan fingerprint density at radius 1 is 1.03 bits per heavy atom. The summed E-state index contributed by atoms with van der Waals surface area (Å²) in [4.78, 5) is 29.8. The Labute approximate surface area is 214 Å². The molecule has 1 unspecified atom stereocenters. The van der Waals surface area contributed by atoms with Crippen LogP contribution in [0.25, 0.3) is 0 Å². The van der Waals surface area contributed by atoms with Crippen LogP contribution in [0.4, 0.5) is 0 Å². The highest BCUT2D eigenvalue weighted by Gasteiger charge is 2.39. The van der Waals surface area contributed by atoms with E-state index in [4.69, 9.17) is 4.74 Å². The summed E-state index contributed by atoms with van der Waals surface area (Å²) in [5.74, 6) is 1.22. The van der Waals surface area contributed by atoms with Crippen molar-refractivity contribution in [2.24, 2.45) is 5.92 Å². The summed E-state index contributed by atoms with van der Waals surface area (Å²) in [5, 5.41) is 2.79. The van der Waals surface area contributed by atoms with E-state index in [9.17, 15) is 9.59 Å². The van der Waals surface area contributed by atoms with Gasteiger partial charge in [0.2, 0.25) is 5.91 Å². The van der Waals surface area contributed by atoms with E-state index in [1.165, 1.54) is 31.5 Å². The summed E-state index contributed by atoms with van der Waals surface area (Å²) in [7, 11) is 0. The number of nitrogens with one attached hydrogen (secondary N) is 1. The molecule has 2 amide bonds. The number of benzene rings is 2. The fraction of sp³-hybridized carbons (Fsp3) is 0.467. The first-order chi connectivity index (χ1) is 17.4. The van der Waals surface area contributed by atoms with Crippen LogP contribution in [0.1, 0.15) is 66.6 Å². The van der Waals surface area contributed by atoms with E-state index in [-0.39, 0.29) is 11.8 Å². The minimum absolute atomic E-state index is 0.105. The smallest absolute Gasteiger partial charge is 0.255 e. The van der Waals surface area contributed by atoms with Crippen molar-refractivity contribution >= 4 is 11.8 Å². The SMILES string of the molecule is C=C1CCC(N2Cc3c(OCc4ccc(CC5CCN(C(C)C)CC5)cc4)cccc3C2=O)C(=O)N1. The zero-order valence-corrected chi connectivity index (χ0v) is 21.5. The second kappa shape index (κ2) is 10.5. The maximum absolute atomic E-state index is 13.1. The second-order valence-electron chi connectivity index (χ2n) is 10.7. The minimum atomic E-state index is -0.464. The number of piperidine rings is 2. The van der Waals surface area contributed by atoms with E-state index in [0.29, 0.717) is 49.0 Å². The van der Waals surface area contributed by atoms with Gasteiger partial charge in [-0.05, 0) is 88.2 Å². The first kappa shape index (κ1) is 24.6. The van der Waals surface area contributed by atoms with Crippen LogP contribution in [-0.2, 0) is 24.4 Å². The van der Waals surface area contributed by atoms with Gasteiger partial charge in [0, 0.05) is 22.9 Å². The van der Waals surface area contributed by atoms with E-state index in [2.05, 4.69) is 54.9 Å². The van der Waals surface area contributed by atoms with Crippen molar-refractivity contribution in [1.82, 2.24) is 15.1 Å². The zero-order chi connectivity index (χ0) is 25.2. The number of rotatable bonds is 7. The molecule has 5 rings (SSSR count). The van der Waals surface area contributed by atoms with Gasteiger partial charge in [0.25, 0.3) is 5.91 Å². The minimum Gasteiger partial charge on any atom is -0.489 e. The molecular formula is C30H37N3O3. The van der Waals surface area contributed by atoms with E-state index in [1.54, 1.807) is 4.90 Å². The van der Waals surface area contributed by atoms with Crippen LogP contribution in [0, 0.1) is 5.92 Å². The van der Waals surface area contributed by atoms with Gasteiger partial charge in [0.1, 0.15) is 18.4 Å². The number of allylic oxidation sites excluding steroid dienone is 1. The van der Waals surface area contributed by atoms with Crippen molar-refractivity contribution in [3.8, 4) is 5.75 Å². The van der Waals surface area contributed by atoms with E-state index in [1.807, 2.05) is 18.2 Å². The van der Waals surface area contributed by atoms with Gasteiger partial charge in [-0.15, -0.1) is 0 Å². The summed E-state index contributed by atoms with van der Waals surface area (Å²) in [6.07, 6.45) is 4.97. The molecule has 1 N–H and O–H groups in total. The molecule has 0 radical (unpaired) electrons. The van der Waals surface area contributed by atoms with Crippen LogP contribution in [0.2, 0.25) is 0 Å². The standard InChI is InChI=1S/C30H37N3O3/c1-20(2)32-15-13-23(14-16-32)17-22-8-10-24(11-9-22)19-36-28-6-4-5-25-26(28)18-33(30(25)35)27-12-7-21(3)31-29(27)34/h4-6,8-11,20,23,27H,3,7,12-19H2,1-2H3,(H,31,34). The third-order valence-corrected chi connectivity index (χ3v) is 7.97. The predicted molar refractivity (Wildman–Crippen MR) is 141 cm³/mol. The number of hydrogen-bond acceptors (Lipinski definition) is 4. The molecule has 3 aliphatic rings. The zero-order valence-electron chi connectivity index (χ0n) is 21.5. The molecule has 2 fully saturated rings. The van der Waals surface area contributed by atoms with Crippen molar-refractivity contribution in [2.75, 3.05) is 13.1 Å². The molecule has 36 heavy (non-hydrogen) atoms. The molecule has 0 saturated carbocycles. The Morgan fingerprint density at radius 3 is 2.44 bits per heavy atom.